The van der Waals surface area contributed by atoms with Crippen LogP contribution in [0.2, 0.25) is 0 Å². The fourth-order valence-electron chi connectivity index (χ4n) is 3.62. The summed E-state index contributed by atoms with van der Waals surface area (Å²) in [6.45, 7) is 1.26. The molecule has 29 heavy (non-hydrogen) atoms. The van der Waals surface area contributed by atoms with Crippen molar-refractivity contribution in [2.75, 3.05) is 16.8 Å². The summed E-state index contributed by atoms with van der Waals surface area (Å²) in [4.78, 5) is 38.9. The number of carbonyl (C=O) groups is 3. The quantitative estimate of drug-likeness (QED) is 0.798. The van der Waals surface area contributed by atoms with Crippen LogP contribution in [0, 0.1) is 11.3 Å². The summed E-state index contributed by atoms with van der Waals surface area (Å²) in [5.41, 5.74) is 1.71. The van der Waals surface area contributed by atoms with Crippen molar-refractivity contribution >= 4 is 39.8 Å². The highest BCUT2D eigenvalue weighted by atomic mass is 32.1. The molecule has 0 fully saturated rings. The Morgan fingerprint density at radius 1 is 1.41 bits per heavy atom. The van der Waals surface area contributed by atoms with Crippen LogP contribution < -0.4 is 15.0 Å². The van der Waals surface area contributed by atoms with Gasteiger partial charge in [-0.1, -0.05) is 0 Å². The Morgan fingerprint density at radius 3 is 2.93 bits per heavy atom. The van der Waals surface area contributed by atoms with Crippen molar-refractivity contribution in [1.29, 1.82) is 5.26 Å². The van der Waals surface area contributed by atoms with Gasteiger partial charge in [-0.25, -0.2) is 4.79 Å². The van der Waals surface area contributed by atoms with Gasteiger partial charge in [0.2, 0.25) is 5.91 Å². The molecule has 2 amide bonds. The van der Waals surface area contributed by atoms with Gasteiger partial charge < -0.3 is 15.2 Å². The number of hydrogen-bond acceptors (Lipinski definition) is 6. The Morgan fingerprint density at radius 2 is 2.21 bits per heavy atom. The Bertz CT molecular complexity index is 1080. The number of carboxylic acid groups (broad SMARTS) is 1. The first-order valence-electron chi connectivity index (χ1n) is 9.09. The van der Waals surface area contributed by atoms with Crippen LogP contribution in [0.1, 0.15) is 39.7 Å². The molecule has 2 N–H and O–H groups in total. The third-order valence-corrected chi connectivity index (χ3v) is 6.21. The second-order valence-corrected chi connectivity index (χ2v) is 8.00. The maximum Gasteiger partial charge on any atom is 0.335 e. The van der Waals surface area contributed by atoms with Crippen LogP contribution >= 0.6 is 11.3 Å². The van der Waals surface area contributed by atoms with Crippen LogP contribution in [-0.4, -0.2) is 35.5 Å². The monoisotopic (exact) mass is 411 g/mol. The number of anilines is 2. The number of hydrogen-bond donors (Lipinski definition) is 2. The van der Waals surface area contributed by atoms with Crippen molar-refractivity contribution in [2.45, 2.75) is 32.3 Å². The molecule has 2 aromatic rings. The Hall–Kier alpha value is -3.38. The minimum atomic E-state index is -1.14. The highest BCUT2D eigenvalue weighted by Crippen LogP contribution is 2.39. The van der Waals surface area contributed by atoms with Crippen LogP contribution in [-0.2, 0) is 22.4 Å². The van der Waals surface area contributed by atoms with Gasteiger partial charge in [-0.05, 0) is 49.9 Å². The smallest absolute Gasteiger partial charge is 0.335 e. The van der Waals surface area contributed by atoms with Crippen molar-refractivity contribution in [3.8, 4) is 11.8 Å². The van der Waals surface area contributed by atoms with Gasteiger partial charge in [0.25, 0.3) is 5.91 Å². The van der Waals surface area contributed by atoms with Gasteiger partial charge in [-0.15, -0.1) is 11.3 Å². The number of carboxylic acids is 1. The van der Waals surface area contributed by atoms with E-state index < -0.39 is 23.9 Å². The van der Waals surface area contributed by atoms with Crippen molar-refractivity contribution < 1.29 is 24.2 Å². The van der Waals surface area contributed by atoms with E-state index in [9.17, 15) is 24.8 Å². The number of rotatable bonds is 4. The van der Waals surface area contributed by atoms with Crippen LogP contribution in [0.4, 0.5) is 10.7 Å². The molecular weight excluding hydrogens is 394 g/mol. The zero-order valence-electron chi connectivity index (χ0n) is 15.5. The lowest BCUT2D eigenvalue weighted by molar-refractivity contribution is -0.127. The van der Waals surface area contributed by atoms with Gasteiger partial charge in [-0.2, -0.15) is 5.26 Å². The summed E-state index contributed by atoms with van der Waals surface area (Å²) in [6.07, 6.45) is 1.93. The molecule has 0 saturated carbocycles. The molecule has 2 aliphatic rings. The maximum atomic E-state index is 12.7. The molecule has 1 unspecified atom stereocenters. The van der Waals surface area contributed by atoms with E-state index in [1.54, 1.807) is 6.92 Å². The summed E-state index contributed by atoms with van der Waals surface area (Å²) >= 11 is 1.40. The van der Waals surface area contributed by atoms with Crippen molar-refractivity contribution in [3.05, 3.63) is 39.8 Å². The van der Waals surface area contributed by atoms with Gasteiger partial charge in [0.1, 0.15) is 23.4 Å². The average Bonchev–Trinajstić information content (AvgIpc) is 3.25. The molecule has 0 spiro atoms. The Labute approximate surface area is 170 Å². The number of carbonyl (C=O) groups excluding carboxylic acids is 2. The molecule has 1 aromatic heterocycles. The average molecular weight is 411 g/mol. The van der Waals surface area contributed by atoms with Gasteiger partial charge >= 0.3 is 5.97 Å². The number of fused-ring (bicyclic) bond motifs is 2. The molecule has 0 saturated heterocycles. The molecule has 0 bridgehead atoms. The zero-order chi connectivity index (χ0) is 20.7. The number of amides is 2. The second-order valence-electron chi connectivity index (χ2n) is 6.89. The Kier molecular flexibility index (Phi) is 4.72. The zero-order valence-corrected chi connectivity index (χ0v) is 16.3. The van der Waals surface area contributed by atoms with Crippen LogP contribution in [0.3, 0.4) is 0 Å². The highest BCUT2D eigenvalue weighted by molar-refractivity contribution is 7.16. The van der Waals surface area contributed by atoms with Gasteiger partial charge in [-0.3, -0.25) is 14.5 Å². The van der Waals surface area contributed by atoms with E-state index >= 15 is 0 Å². The molecular formula is C20H17N3O5S. The number of nitrogens with zero attached hydrogens (tertiary/aromatic N) is 2. The van der Waals surface area contributed by atoms with Crippen molar-refractivity contribution in [1.82, 2.24) is 0 Å². The van der Waals surface area contributed by atoms with Crippen molar-refractivity contribution in [2.24, 2.45) is 0 Å². The van der Waals surface area contributed by atoms with Crippen LogP contribution in [0.5, 0.6) is 5.75 Å². The number of nitriles is 1. The standard InChI is InChI=1S/C20H17N3O5S/c1-10-19(25)23(14-7-11(20(26)27)5-6-15(14)28-10)9-17(24)22-18-13(8-21)12-3-2-4-16(12)29-18/h5-7,10H,2-4,9H2,1H3,(H,22,24)(H,26,27). The second kappa shape index (κ2) is 7.22. The third kappa shape index (κ3) is 3.32. The lowest BCUT2D eigenvalue weighted by Crippen LogP contribution is -2.47. The third-order valence-electron chi connectivity index (χ3n) is 5.00. The number of thiophene rings is 1. The first kappa shape index (κ1) is 19.0. The fraction of sp³-hybridized carbons (Fsp3) is 0.300. The predicted molar refractivity (Wildman–Crippen MR) is 106 cm³/mol. The number of aromatic carboxylic acids is 1. The normalized spacial score (nSPS) is 17.2. The maximum absolute atomic E-state index is 12.7. The summed E-state index contributed by atoms with van der Waals surface area (Å²) in [5.74, 6) is -1.71. The summed E-state index contributed by atoms with van der Waals surface area (Å²) in [5, 5.41) is 21.9. The summed E-state index contributed by atoms with van der Waals surface area (Å²) in [6, 6.07) is 6.34. The Balaban J connectivity index is 1.60. The van der Waals surface area contributed by atoms with E-state index in [0.717, 1.165) is 29.7 Å². The van der Waals surface area contributed by atoms with E-state index in [2.05, 4.69) is 11.4 Å². The number of benzene rings is 1. The van der Waals surface area contributed by atoms with E-state index in [4.69, 9.17) is 4.74 Å². The minimum Gasteiger partial charge on any atom is -0.479 e. The fourth-order valence-corrected chi connectivity index (χ4v) is 4.88. The van der Waals surface area contributed by atoms with E-state index in [0.29, 0.717) is 16.3 Å². The largest absolute Gasteiger partial charge is 0.479 e. The van der Waals surface area contributed by atoms with Crippen molar-refractivity contribution in [3.63, 3.8) is 0 Å². The van der Waals surface area contributed by atoms with E-state index in [1.807, 2.05) is 0 Å². The molecule has 1 atom stereocenters. The molecule has 4 rings (SSSR count). The molecule has 9 heteroatoms. The van der Waals surface area contributed by atoms with Gasteiger partial charge in [0.15, 0.2) is 6.10 Å². The molecule has 1 aromatic carbocycles. The lowest BCUT2D eigenvalue weighted by atomic mass is 10.1. The lowest BCUT2D eigenvalue weighted by Gasteiger charge is -2.32. The topological polar surface area (TPSA) is 120 Å². The molecule has 8 nitrogen and oxygen atoms in total. The summed E-state index contributed by atoms with van der Waals surface area (Å²) < 4.78 is 5.53. The van der Waals surface area contributed by atoms with Crippen LogP contribution in [0.25, 0.3) is 0 Å². The first-order chi connectivity index (χ1) is 13.9. The van der Waals surface area contributed by atoms with E-state index in [1.165, 1.54) is 34.4 Å². The molecule has 1 aliphatic heterocycles. The SMILES string of the molecule is CC1Oc2ccc(C(=O)O)cc2N(CC(=O)Nc2sc3c(c2C#N)CCC3)C1=O. The van der Waals surface area contributed by atoms with Gasteiger partial charge in [0, 0.05) is 4.88 Å². The molecule has 1 aliphatic carbocycles. The van der Waals surface area contributed by atoms with Gasteiger partial charge in [0.05, 0.1) is 16.8 Å². The number of nitrogens with one attached hydrogen (secondary N) is 1. The predicted octanol–water partition coefficient (Wildman–Crippen LogP) is 2.56. The molecule has 0 radical (unpaired) electrons. The minimum absolute atomic E-state index is 0.0124. The number of aryl methyl sites for hydroxylation is 1. The van der Waals surface area contributed by atoms with Crippen LogP contribution in [0.15, 0.2) is 18.2 Å². The first-order valence-corrected chi connectivity index (χ1v) is 9.90. The molecule has 148 valence electrons. The molecule has 2 heterocycles. The number of ether oxygens (including phenoxy) is 1. The summed E-state index contributed by atoms with van der Waals surface area (Å²) in [7, 11) is 0. The van der Waals surface area contributed by atoms with E-state index in [-0.39, 0.29) is 17.8 Å². The highest BCUT2D eigenvalue weighted by Gasteiger charge is 2.34.